The van der Waals surface area contributed by atoms with Crippen LogP contribution in [0.1, 0.15) is 6.42 Å². The maximum atomic E-state index is 12.4. The van der Waals surface area contributed by atoms with Crippen molar-refractivity contribution in [2.24, 2.45) is 5.92 Å². The lowest BCUT2D eigenvalue weighted by molar-refractivity contribution is -0.117. The Morgan fingerprint density at radius 2 is 2.10 bits per heavy atom. The summed E-state index contributed by atoms with van der Waals surface area (Å²) in [7, 11) is 0. The van der Waals surface area contributed by atoms with E-state index in [4.69, 9.17) is 4.74 Å². The number of nitrogens with zero attached hydrogens (tertiary/aromatic N) is 2. The summed E-state index contributed by atoms with van der Waals surface area (Å²) in [5, 5.41) is 4.08. The molecule has 1 aromatic rings. The van der Waals surface area contributed by atoms with Crippen LogP contribution in [0.3, 0.4) is 0 Å². The molecule has 2 saturated heterocycles. The van der Waals surface area contributed by atoms with Crippen LogP contribution >= 0.6 is 0 Å². The summed E-state index contributed by atoms with van der Waals surface area (Å²) in [6.45, 7) is 1.78. The van der Waals surface area contributed by atoms with Gasteiger partial charge in [-0.3, -0.25) is 10.1 Å². The Kier molecular flexibility index (Phi) is 3.54. The van der Waals surface area contributed by atoms with E-state index in [0.29, 0.717) is 19.8 Å². The van der Waals surface area contributed by atoms with Crippen molar-refractivity contribution in [1.29, 1.82) is 0 Å². The van der Waals surface area contributed by atoms with Crippen molar-refractivity contribution in [2.45, 2.75) is 12.5 Å². The van der Waals surface area contributed by atoms with Crippen molar-refractivity contribution in [3.05, 3.63) is 36.0 Å². The Balaban J connectivity index is 1.96. The van der Waals surface area contributed by atoms with E-state index in [2.05, 4.69) is 5.32 Å². The summed E-state index contributed by atoms with van der Waals surface area (Å²) >= 11 is 0. The van der Waals surface area contributed by atoms with Gasteiger partial charge >= 0.3 is 0 Å². The highest BCUT2D eigenvalue weighted by Gasteiger charge is 2.40. The molecule has 1 amide bonds. The van der Waals surface area contributed by atoms with E-state index in [1.807, 2.05) is 30.3 Å². The minimum atomic E-state index is -0.366. The third-order valence-corrected chi connectivity index (χ3v) is 3.83. The standard InChI is InChI=1S/C15H15N2O3/c18-9-13-15(19)17(12-4-2-1-3-5-12)14(8-16-13)11-6-7-20-10-11/h1-5,11,14H,6-8,10H2/t11-,14?/m0/s1. The minimum Gasteiger partial charge on any atom is -0.381 e. The summed E-state index contributed by atoms with van der Waals surface area (Å²) < 4.78 is 5.42. The number of rotatable bonds is 2. The Bertz CT molecular complexity index is 545. The summed E-state index contributed by atoms with van der Waals surface area (Å²) in [5.74, 6) is 1.54. The molecule has 0 aliphatic carbocycles. The second kappa shape index (κ2) is 5.49. The molecular weight excluding hydrogens is 256 g/mol. The number of carbonyl (C=O) groups is 1. The van der Waals surface area contributed by atoms with Crippen molar-refractivity contribution in [1.82, 2.24) is 5.32 Å². The average molecular weight is 271 g/mol. The largest absolute Gasteiger partial charge is 0.381 e. The van der Waals surface area contributed by atoms with E-state index in [-0.39, 0.29) is 23.6 Å². The molecule has 3 rings (SSSR count). The van der Waals surface area contributed by atoms with Crippen LogP contribution in [0.4, 0.5) is 5.69 Å². The highest BCUT2D eigenvalue weighted by atomic mass is 16.5. The van der Waals surface area contributed by atoms with Gasteiger partial charge in [0.1, 0.15) is 0 Å². The van der Waals surface area contributed by atoms with Crippen LogP contribution < -0.4 is 10.2 Å². The maximum Gasteiger partial charge on any atom is 0.288 e. The van der Waals surface area contributed by atoms with Gasteiger partial charge in [-0.2, -0.15) is 0 Å². The molecule has 1 unspecified atom stereocenters. The molecule has 2 aliphatic rings. The van der Waals surface area contributed by atoms with E-state index in [0.717, 1.165) is 12.1 Å². The molecule has 5 heteroatoms. The number of carbonyl (C=O) groups excluding carboxylic acids is 2. The van der Waals surface area contributed by atoms with Gasteiger partial charge in [0, 0.05) is 18.2 Å². The Morgan fingerprint density at radius 3 is 2.75 bits per heavy atom. The first-order chi connectivity index (χ1) is 9.81. The van der Waals surface area contributed by atoms with E-state index < -0.39 is 0 Å². The molecule has 2 fully saturated rings. The molecule has 0 N–H and O–H groups in total. The van der Waals surface area contributed by atoms with Crippen molar-refractivity contribution in [2.75, 3.05) is 24.7 Å². The number of para-hydroxylation sites is 1. The quantitative estimate of drug-likeness (QED) is 0.589. The van der Waals surface area contributed by atoms with E-state index >= 15 is 0 Å². The zero-order valence-electron chi connectivity index (χ0n) is 11.0. The fourth-order valence-corrected chi connectivity index (χ4v) is 2.79. The molecule has 1 radical (unpaired) electrons. The van der Waals surface area contributed by atoms with E-state index in [1.165, 1.54) is 0 Å². The predicted octanol–water partition coefficient (Wildman–Crippen LogP) is 0.758. The number of benzene rings is 1. The van der Waals surface area contributed by atoms with Gasteiger partial charge in [-0.25, -0.2) is 4.79 Å². The van der Waals surface area contributed by atoms with Crippen molar-refractivity contribution >= 4 is 17.5 Å². The van der Waals surface area contributed by atoms with Crippen LogP contribution in [-0.2, 0) is 14.3 Å². The van der Waals surface area contributed by atoms with Crippen LogP contribution in [0.15, 0.2) is 36.0 Å². The monoisotopic (exact) mass is 271 g/mol. The van der Waals surface area contributed by atoms with Crippen LogP contribution in [0.2, 0.25) is 0 Å². The number of piperazine rings is 1. The fourth-order valence-electron chi connectivity index (χ4n) is 2.79. The molecule has 0 aromatic heterocycles. The normalized spacial score (nSPS) is 26.3. The summed E-state index contributed by atoms with van der Waals surface area (Å²) in [6.07, 6.45) is 0.914. The molecule has 0 spiro atoms. The molecule has 2 atom stereocenters. The molecule has 20 heavy (non-hydrogen) atoms. The predicted molar refractivity (Wildman–Crippen MR) is 72.8 cm³/mol. The number of ether oxygens (including phenoxy) is 1. The van der Waals surface area contributed by atoms with Gasteiger partial charge in [-0.05, 0) is 18.6 Å². The highest BCUT2D eigenvalue weighted by Crippen LogP contribution is 2.29. The van der Waals surface area contributed by atoms with Crippen LogP contribution in [0.25, 0.3) is 0 Å². The highest BCUT2D eigenvalue weighted by molar-refractivity contribution is 6.11. The first-order valence-electron chi connectivity index (χ1n) is 6.70. The lowest BCUT2D eigenvalue weighted by Crippen LogP contribution is -2.55. The molecule has 103 valence electrons. The first kappa shape index (κ1) is 12.9. The van der Waals surface area contributed by atoms with Gasteiger partial charge in [-0.15, -0.1) is 0 Å². The molecule has 2 heterocycles. The van der Waals surface area contributed by atoms with Gasteiger partial charge in [0.15, 0.2) is 5.94 Å². The second-order valence-corrected chi connectivity index (χ2v) is 4.99. The molecule has 1 aromatic carbocycles. The zero-order chi connectivity index (χ0) is 13.9. The van der Waals surface area contributed by atoms with E-state index in [9.17, 15) is 9.59 Å². The molecular formula is C15H15N2O3. The summed E-state index contributed by atoms with van der Waals surface area (Å²) in [4.78, 5) is 24.9. The smallest absolute Gasteiger partial charge is 0.288 e. The van der Waals surface area contributed by atoms with Crippen LogP contribution in [0.5, 0.6) is 0 Å². The van der Waals surface area contributed by atoms with Crippen molar-refractivity contribution in [3.63, 3.8) is 0 Å². The van der Waals surface area contributed by atoms with Gasteiger partial charge in [-0.1, -0.05) is 18.2 Å². The average Bonchev–Trinajstić information content (AvgIpc) is 3.02. The van der Waals surface area contributed by atoms with Gasteiger partial charge < -0.3 is 9.64 Å². The number of hydrogen-bond acceptors (Lipinski definition) is 3. The van der Waals surface area contributed by atoms with Gasteiger partial charge in [0.25, 0.3) is 5.91 Å². The molecule has 5 nitrogen and oxygen atoms in total. The Hall–Kier alpha value is -2.10. The third-order valence-electron chi connectivity index (χ3n) is 3.83. The van der Waals surface area contributed by atoms with Gasteiger partial charge in [0.05, 0.1) is 19.2 Å². The molecule has 0 bridgehead atoms. The second-order valence-electron chi connectivity index (χ2n) is 4.99. The zero-order valence-corrected chi connectivity index (χ0v) is 11.0. The molecule has 0 saturated carbocycles. The van der Waals surface area contributed by atoms with Crippen LogP contribution in [0, 0.1) is 5.92 Å². The lowest BCUT2D eigenvalue weighted by Gasteiger charge is -2.38. The Morgan fingerprint density at radius 1 is 1.30 bits per heavy atom. The minimum absolute atomic E-state index is 0.0514. The topological polar surface area (TPSA) is 60.7 Å². The van der Waals surface area contributed by atoms with Crippen LogP contribution in [-0.4, -0.2) is 37.6 Å². The summed E-state index contributed by atoms with van der Waals surface area (Å²) in [5.41, 5.74) is 0.668. The molecule has 2 aliphatic heterocycles. The maximum absolute atomic E-state index is 12.4. The number of anilines is 1. The van der Waals surface area contributed by atoms with Crippen molar-refractivity contribution < 1.29 is 14.3 Å². The number of amides is 1. The van der Waals surface area contributed by atoms with Crippen molar-refractivity contribution in [3.8, 4) is 0 Å². The van der Waals surface area contributed by atoms with Gasteiger partial charge in [0.2, 0.25) is 5.70 Å². The number of hydrogen-bond donors (Lipinski definition) is 0. The lowest BCUT2D eigenvalue weighted by atomic mass is 9.94. The Labute approximate surface area is 117 Å². The van der Waals surface area contributed by atoms with E-state index in [1.54, 1.807) is 10.8 Å². The SMILES string of the molecule is O=C=C1[N]CC([C@H]2CCOC2)N(c2ccccc2)C1=O. The first-order valence-corrected chi connectivity index (χ1v) is 6.70. The summed E-state index contributed by atoms with van der Waals surface area (Å²) in [6, 6.07) is 9.33. The fraction of sp³-hybridized carbons (Fsp3) is 0.400. The third kappa shape index (κ3) is 2.22.